The van der Waals surface area contributed by atoms with E-state index in [1.807, 2.05) is 25.2 Å². The molecular formula is C12H16N6. The van der Waals surface area contributed by atoms with Gasteiger partial charge in [0.1, 0.15) is 12.1 Å². The maximum atomic E-state index is 4.65. The van der Waals surface area contributed by atoms with Crippen LogP contribution in [-0.4, -0.2) is 33.3 Å². The van der Waals surface area contributed by atoms with Crippen LogP contribution in [0.4, 0.5) is 5.82 Å². The van der Waals surface area contributed by atoms with Gasteiger partial charge >= 0.3 is 0 Å². The van der Waals surface area contributed by atoms with Gasteiger partial charge in [-0.1, -0.05) is 6.07 Å². The number of anilines is 1. The number of hydrogen-bond donors (Lipinski definition) is 1. The SMILES string of the molecule is CNCc1cccc(N2CCn3cnnc3C2)n1. The highest BCUT2D eigenvalue weighted by molar-refractivity contribution is 5.40. The first-order valence-electron chi connectivity index (χ1n) is 6.09. The second-order valence-corrected chi connectivity index (χ2v) is 4.38. The number of aromatic nitrogens is 4. The van der Waals surface area contributed by atoms with Crippen molar-refractivity contribution in [3.05, 3.63) is 36.0 Å². The first-order chi connectivity index (χ1) is 8.86. The van der Waals surface area contributed by atoms with Crippen molar-refractivity contribution < 1.29 is 0 Å². The van der Waals surface area contributed by atoms with Gasteiger partial charge in [-0.15, -0.1) is 10.2 Å². The minimum absolute atomic E-state index is 0.774. The molecule has 0 atom stereocenters. The van der Waals surface area contributed by atoms with Gasteiger partial charge in [0, 0.05) is 19.6 Å². The molecule has 0 spiro atoms. The van der Waals surface area contributed by atoms with Crippen LogP contribution in [0.2, 0.25) is 0 Å². The topological polar surface area (TPSA) is 58.9 Å². The van der Waals surface area contributed by atoms with E-state index in [1.165, 1.54) is 0 Å². The second kappa shape index (κ2) is 4.73. The van der Waals surface area contributed by atoms with Crippen molar-refractivity contribution in [3.8, 4) is 0 Å². The fourth-order valence-electron chi connectivity index (χ4n) is 2.18. The van der Waals surface area contributed by atoms with Gasteiger partial charge in [-0.3, -0.25) is 0 Å². The van der Waals surface area contributed by atoms with E-state index in [2.05, 4.69) is 30.0 Å². The molecule has 6 heteroatoms. The first-order valence-corrected chi connectivity index (χ1v) is 6.09. The fraction of sp³-hybridized carbons (Fsp3) is 0.417. The zero-order valence-electron chi connectivity index (χ0n) is 10.4. The lowest BCUT2D eigenvalue weighted by Crippen LogP contribution is -2.34. The summed E-state index contributed by atoms with van der Waals surface area (Å²) in [5, 5.41) is 11.2. The smallest absolute Gasteiger partial charge is 0.152 e. The molecule has 0 bridgehead atoms. The molecule has 2 aromatic heterocycles. The maximum absolute atomic E-state index is 4.65. The molecule has 0 aliphatic carbocycles. The summed E-state index contributed by atoms with van der Waals surface area (Å²) in [5.41, 5.74) is 1.06. The van der Waals surface area contributed by atoms with Crippen LogP contribution in [0.15, 0.2) is 24.5 Å². The van der Waals surface area contributed by atoms with Crippen molar-refractivity contribution in [2.45, 2.75) is 19.6 Å². The quantitative estimate of drug-likeness (QED) is 0.847. The average molecular weight is 244 g/mol. The number of hydrogen-bond acceptors (Lipinski definition) is 5. The molecule has 94 valence electrons. The molecule has 3 rings (SSSR count). The molecule has 0 saturated carbocycles. The second-order valence-electron chi connectivity index (χ2n) is 4.38. The predicted molar refractivity (Wildman–Crippen MR) is 68.1 cm³/mol. The van der Waals surface area contributed by atoms with E-state index in [-0.39, 0.29) is 0 Å². The Kier molecular flexibility index (Phi) is 2.93. The molecule has 0 fully saturated rings. The standard InChI is InChI=1S/C12H16N6/c1-13-7-10-3-2-4-11(15-10)17-5-6-18-9-14-16-12(18)8-17/h2-4,9,13H,5-8H2,1H3. The number of fused-ring (bicyclic) bond motifs is 1. The molecule has 0 amide bonds. The summed E-state index contributed by atoms with van der Waals surface area (Å²) < 4.78 is 2.09. The van der Waals surface area contributed by atoms with E-state index in [1.54, 1.807) is 6.33 Å². The molecule has 0 aromatic carbocycles. The highest BCUT2D eigenvalue weighted by atomic mass is 15.3. The maximum Gasteiger partial charge on any atom is 0.152 e. The van der Waals surface area contributed by atoms with Crippen LogP contribution in [0.25, 0.3) is 0 Å². The van der Waals surface area contributed by atoms with E-state index >= 15 is 0 Å². The molecule has 1 N–H and O–H groups in total. The first kappa shape index (κ1) is 11.2. The summed E-state index contributed by atoms with van der Waals surface area (Å²) in [6.07, 6.45) is 1.79. The van der Waals surface area contributed by atoms with Gasteiger partial charge in [-0.25, -0.2) is 4.98 Å². The Hall–Kier alpha value is -1.95. The molecule has 2 aromatic rings. The van der Waals surface area contributed by atoms with Crippen LogP contribution in [0.1, 0.15) is 11.5 Å². The van der Waals surface area contributed by atoms with Gasteiger partial charge in [0.15, 0.2) is 5.82 Å². The highest BCUT2D eigenvalue weighted by Crippen LogP contribution is 2.17. The minimum Gasteiger partial charge on any atom is -0.347 e. The Morgan fingerprint density at radius 1 is 1.33 bits per heavy atom. The highest BCUT2D eigenvalue weighted by Gasteiger charge is 2.18. The Balaban J connectivity index is 1.81. The lowest BCUT2D eigenvalue weighted by atomic mass is 10.3. The molecule has 6 nitrogen and oxygen atoms in total. The summed E-state index contributed by atoms with van der Waals surface area (Å²) >= 11 is 0. The van der Waals surface area contributed by atoms with E-state index in [0.717, 1.165) is 43.5 Å². The van der Waals surface area contributed by atoms with Crippen molar-refractivity contribution >= 4 is 5.82 Å². The van der Waals surface area contributed by atoms with Crippen LogP contribution < -0.4 is 10.2 Å². The van der Waals surface area contributed by atoms with Crippen LogP contribution >= 0.6 is 0 Å². The van der Waals surface area contributed by atoms with Crippen LogP contribution in [-0.2, 0) is 19.6 Å². The number of pyridine rings is 1. The van der Waals surface area contributed by atoms with Crippen molar-refractivity contribution in [2.24, 2.45) is 0 Å². The van der Waals surface area contributed by atoms with Gasteiger partial charge in [0.25, 0.3) is 0 Å². The van der Waals surface area contributed by atoms with Crippen LogP contribution in [0, 0.1) is 0 Å². The number of nitrogens with one attached hydrogen (secondary N) is 1. The third-order valence-corrected chi connectivity index (χ3v) is 3.11. The normalized spacial score (nSPS) is 14.6. The Morgan fingerprint density at radius 2 is 2.28 bits per heavy atom. The van der Waals surface area contributed by atoms with Crippen LogP contribution in [0.3, 0.4) is 0 Å². The van der Waals surface area contributed by atoms with Crippen molar-refractivity contribution in [1.29, 1.82) is 0 Å². The lowest BCUT2D eigenvalue weighted by molar-refractivity contribution is 0.555. The molecule has 0 unspecified atom stereocenters. The van der Waals surface area contributed by atoms with E-state index < -0.39 is 0 Å². The van der Waals surface area contributed by atoms with Gasteiger partial charge in [0.05, 0.1) is 12.2 Å². The Morgan fingerprint density at radius 3 is 3.17 bits per heavy atom. The fourth-order valence-corrected chi connectivity index (χ4v) is 2.18. The van der Waals surface area contributed by atoms with E-state index in [9.17, 15) is 0 Å². The zero-order valence-corrected chi connectivity index (χ0v) is 10.4. The molecule has 18 heavy (non-hydrogen) atoms. The molecule has 3 heterocycles. The van der Waals surface area contributed by atoms with E-state index in [0.29, 0.717) is 0 Å². The van der Waals surface area contributed by atoms with Crippen molar-refractivity contribution in [3.63, 3.8) is 0 Å². The van der Waals surface area contributed by atoms with Gasteiger partial charge < -0.3 is 14.8 Å². The summed E-state index contributed by atoms with van der Waals surface area (Å²) in [6.45, 7) is 3.43. The van der Waals surface area contributed by atoms with Crippen LogP contribution in [0.5, 0.6) is 0 Å². The molecule has 0 saturated heterocycles. The molecular weight excluding hydrogens is 228 g/mol. The zero-order chi connectivity index (χ0) is 12.4. The Labute approximate surface area is 106 Å². The van der Waals surface area contributed by atoms with Crippen molar-refractivity contribution in [2.75, 3.05) is 18.5 Å². The average Bonchev–Trinajstić information content (AvgIpc) is 2.86. The summed E-state index contributed by atoms with van der Waals surface area (Å²) in [6, 6.07) is 6.13. The minimum atomic E-state index is 0.774. The lowest BCUT2D eigenvalue weighted by Gasteiger charge is -2.28. The summed E-state index contributed by atoms with van der Waals surface area (Å²) in [4.78, 5) is 6.89. The van der Waals surface area contributed by atoms with Gasteiger partial charge in [-0.05, 0) is 19.2 Å². The molecule has 1 aliphatic heterocycles. The number of rotatable bonds is 3. The monoisotopic (exact) mass is 244 g/mol. The molecule has 0 radical (unpaired) electrons. The molecule has 1 aliphatic rings. The summed E-state index contributed by atoms with van der Waals surface area (Å²) in [7, 11) is 1.93. The third kappa shape index (κ3) is 2.06. The van der Waals surface area contributed by atoms with Crippen molar-refractivity contribution in [1.82, 2.24) is 25.1 Å². The van der Waals surface area contributed by atoms with E-state index in [4.69, 9.17) is 0 Å². The summed E-state index contributed by atoms with van der Waals surface area (Å²) in [5.74, 6) is 2.01. The Bertz CT molecular complexity index is 535. The third-order valence-electron chi connectivity index (χ3n) is 3.11. The van der Waals surface area contributed by atoms with Gasteiger partial charge in [0.2, 0.25) is 0 Å². The van der Waals surface area contributed by atoms with Gasteiger partial charge in [-0.2, -0.15) is 0 Å². The predicted octanol–water partition coefficient (Wildman–Crippen LogP) is 0.413. The largest absolute Gasteiger partial charge is 0.347 e. The number of nitrogens with zero attached hydrogens (tertiary/aromatic N) is 5.